The summed E-state index contributed by atoms with van der Waals surface area (Å²) >= 11 is 0. The van der Waals surface area contributed by atoms with Gasteiger partial charge in [-0.2, -0.15) is 0 Å². The van der Waals surface area contributed by atoms with Crippen LogP contribution in [0.15, 0.2) is 133 Å². The summed E-state index contributed by atoms with van der Waals surface area (Å²) in [5.41, 5.74) is 2.25. The molecule has 7 heteroatoms. The Balaban J connectivity index is 2.02. The van der Waals surface area contributed by atoms with E-state index in [9.17, 15) is 20.2 Å². The Kier molecular flexibility index (Phi) is 7.08. The smallest absolute Gasteiger partial charge is 0.339 e. The summed E-state index contributed by atoms with van der Waals surface area (Å²) in [5.74, 6) is -1.48. The number of ether oxygens (including phenoxy) is 1. The number of nitrogens with zero attached hydrogens (tertiary/aromatic N) is 2. The number of benzene rings is 4. The molecular weight excluding hydrogens is 444 g/mol. The topological polar surface area (TPSA) is 95.5 Å². The molecule has 0 aromatic heterocycles. The zero-order valence-corrected chi connectivity index (χ0v) is 18.5. The Hall–Kier alpha value is -5.04. The second kappa shape index (κ2) is 10.7. The van der Waals surface area contributed by atoms with Crippen molar-refractivity contribution in [2.75, 3.05) is 0 Å². The zero-order valence-electron chi connectivity index (χ0n) is 18.5. The Bertz CT molecular complexity index is 1190. The van der Waals surface area contributed by atoms with Gasteiger partial charge in [0.05, 0.1) is 0 Å². The van der Waals surface area contributed by atoms with Crippen LogP contribution in [0.25, 0.3) is 11.1 Å². The Morgan fingerprint density at radius 3 is 0.886 bits per heavy atom. The van der Waals surface area contributed by atoms with Crippen LogP contribution >= 0.6 is 0 Å². The molecule has 0 N–H and O–H groups in total. The van der Waals surface area contributed by atoms with E-state index < -0.39 is 21.6 Å². The highest BCUT2D eigenvalue weighted by molar-refractivity contribution is 5.82. The van der Waals surface area contributed by atoms with E-state index >= 15 is 0 Å². The molecule has 0 aliphatic heterocycles. The molecule has 4 aromatic carbocycles. The minimum absolute atomic E-state index is 0.135. The van der Waals surface area contributed by atoms with Gasteiger partial charge in [-0.3, -0.25) is 20.2 Å². The first kappa shape index (κ1) is 23.1. The molecule has 35 heavy (non-hydrogen) atoms. The summed E-state index contributed by atoms with van der Waals surface area (Å²) in [6.45, 7) is 0. The fourth-order valence-corrected chi connectivity index (χ4v) is 3.70. The molecule has 0 bridgehead atoms. The van der Waals surface area contributed by atoms with Crippen LogP contribution in [0.2, 0.25) is 0 Å². The van der Waals surface area contributed by atoms with Crippen LogP contribution in [-0.2, 0) is 4.74 Å². The van der Waals surface area contributed by atoms with Gasteiger partial charge < -0.3 is 4.74 Å². The summed E-state index contributed by atoms with van der Waals surface area (Å²) < 4.78 is 5.68. The highest BCUT2D eigenvalue weighted by Crippen LogP contribution is 2.33. The van der Waals surface area contributed by atoms with E-state index in [-0.39, 0.29) is 11.1 Å². The largest absolute Gasteiger partial charge is 0.446 e. The first-order valence-electron chi connectivity index (χ1n) is 10.7. The molecule has 0 fully saturated rings. The lowest BCUT2D eigenvalue weighted by molar-refractivity contribution is -0.504. The van der Waals surface area contributed by atoms with Gasteiger partial charge in [-0.05, 0) is 22.3 Å². The Morgan fingerprint density at radius 1 is 0.457 bits per heavy atom. The van der Waals surface area contributed by atoms with Crippen LogP contribution in [0, 0.1) is 20.2 Å². The molecule has 0 amide bonds. The lowest BCUT2D eigenvalue weighted by atomic mass is 9.97. The van der Waals surface area contributed by atoms with Crippen molar-refractivity contribution in [2.24, 2.45) is 0 Å². The molecule has 0 atom stereocenters. The maximum Gasteiger partial charge on any atom is 0.446 e. The van der Waals surface area contributed by atoms with Gasteiger partial charge in [-0.25, -0.2) is 0 Å². The van der Waals surface area contributed by atoms with Gasteiger partial charge in [0, 0.05) is 0 Å². The summed E-state index contributed by atoms with van der Waals surface area (Å²) in [6.07, 6.45) is 0. The number of nitro groups is 2. The third kappa shape index (κ3) is 5.31. The van der Waals surface area contributed by atoms with Crippen LogP contribution in [-0.4, -0.2) is 9.85 Å². The molecule has 0 saturated carbocycles. The first-order chi connectivity index (χ1) is 17.1. The van der Waals surface area contributed by atoms with E-state index in [0.717, 1.165) is 0 Å². The van der Waals surface area contributed by atoms with E-state index in [4.69, 9.17) is 4.74 Å². The lowest BCUT2D eigenvalue weighted by Gasteiger charge is -2.12. The first-order valence-corrected chi connectivity index (χ1v) is 10.7. The van der Waals surface area contributed by atoms with Crippen LogP contribution in [0.3, 0.4) is 0 Å². The molecule has 0 unspecified atom stereocenters. The minimum Gasteiger partial charge on any atom is -0.339 e. The second-order valence-corrected chi connectivity index (χ2v) is 7.44. The zero-order chi connectivity index (χ0) is 24.6. The third-order valence-corrected chi connectivity index (χ3v) is 5.20. The maximum absolute atomic E-state index is 12.3. The third-order valence-electron chi connectivity index (χ3n) is 5.20. The molecule has 0 spiro atoms. The van der Waals surface area contributed by atoms with Crippen molar-refractivity contribution in [3.05, 3.63) is 176 Å². The molecule has 0 saturated heterocycles. The van der Waals surface area contributed by atoms with Crippen LogP contribution in [0.5, 0.6) is 0 Å². The minimum atomic E-state index is -0.738. The van der Waals surface area contributed by atoms with Crippen molar-refractivity contribution in [1.82, 2.24) is 0 Å². The lowest BCUT2D eigenvalue weighted by Crippen LogP contribution is -2.14. The Labute approximate surface area is 201 Å². The summed E-state index contributed by atoms with van der Waals surface area (Å²) in [5, 5.41) is 24.6. The van der Waals surface area contributed by atoms with Crippen LogP contribution in [0.4, 0.5) is 0 Å². The molecule has 0 heterocycles. The fraction of sp³-hybridized carbons (Fsp3) is 0. The quantitative estimate of drug-likeness (QED) is 0.171. The molecule has 4 rings (SSSR count). The van der Waals surface area contributed by atoms with E-state index in [0.29, 0.717) is 22.3 Å². The highest BCUT2D eigenvalue weighted by Gasteiger charge is 2.33. The SMILES string of the molecule is O=[N+]([O-])C(OC(=C(c1ccccc1)c1ccccc1)[N+](=O)[O-])=C(c1ccccc1)c1ccccc1. The summed E-state index contributed by atoms with van der Waals surface area (Å²) in [6, 6.07) is 34.6. The van der Waals surface area contributed by atoms with Crippen molar-refractivity contribution in [3.8, 4) is 0 Å². The normalized spacial score (nSPS) is 10.2. The Morgan fingerprint density at radius 2 is 0.686 bits per heavy atom. The predicted molar refractivity (Wildman–Crippen MR) is 133 cm³/mol. The van der Waals surface area contributed by atoms with Gasteiger partial charge in [0.1, 0.15) is 21.0 Å². The number of hydrogen-bond donors (Lipinski definition) is 0. The standard InChI is InChI=1S/C28H20N2O5/c31-29(32)27(25(21-13-5-1-6-14-21)22-15-7-2-8-16-22)35-28(30(33)34)26(23-17-9-3-10-18-23)24-19-11-4-12-20-24/h1-20H. The molecule has 4 aromatic rings. The van der Waals surface area contributed by atoms with E-state index in [1.165, 1.54) is 0 Å². The van der Waals surface area contributed by atoms with E-state index in [2.05, 4.69) is 0 Å². The number of hydrogen-bond acceptors (Lipinski definition) is 5. The summed E-state index contributed by atoms with van der Waals surface area (Å²) in [7, 11) is 0. The van der Waals surface area contributed by atoms with Gasteiger partial charge in [0.2, 0.25) is 0 Å². The summed E-state index contributed by atoms with van der Waals surface area (Å²) in [4.78, 5) is 23.2. The van der Waals surface area contributed by atoms with Gasteiger partial charge in [0.15, 0.2) is 0 Å². The molecule has 0 aliphatic rings. The predicted octanol–water partition coefficient (Wildman–Crippen LogP) is 6.39. The highest BCUT2D eigenvalue weighted by atomic mass is 16.7. The number of rotatable bonds is 8. The van der Waals surface area contributed by atoms with Gasteiger partial charge in [-0.1, -0.05) is 121 Å². The molecule has 172 valence electrons. The average molecular weight is 464 g/mol. The molecule has 7 nitrogen and oxygen atoms in total. The van der Waals surface area contributed by atoms with Crippen molar-refractivity contribution in [1.29, 1.82) is 0 Å². The van der Waals surface area contributed by atoms with Gasteiger partial charge >= 0.3 is 11.8 Å². The second-order valence-electron chi connectivity index (χ2n) is 7.44. The van der Waals surface area contributed by atoms with Gasteiger partial charge in [-0.15, -0.1) is 0 Å². The van der Waals surface area contributed by atoms with Crippen molar-refractivity contribution >= 4 is 11.1 Å². The monoisotopic (exact) mass is 464 g/mol. The van der Waals surface area contributed by atoms with Crippen molar-refractivity contribution in [3.63, 3.8) is 0 Å². The van der Waals surface area contributed by atoms with Crippen LogP contribution in [0.1, 0.15) is 22.3 Å². The maximum atomic E-state index is 12.3. The van der Waals surface area contributed by atoms with E-state index in [1.807, 2.05) is 0 Å². The van der Waals surface area contributed by atoms with Crippen molar-refractivity contribution in [2.45, 2.75) is 0 Å². The molecule has 0 radical (unpaired) electrons. The average Bonchev–Trinajstić information content (AvgIpc) is 2.90. The molecular formula is C28H20N2O5. The van der Waals surface area contributed by atoms with Crippen molar-refractivity contribution < 1.29 is 14.6 Å². The van der Waals surface area contributed by atoms with E-state index in [1.54, 1.807) is 121 Å². The molecule has 0 aliphatic carbocycles. The fourth-order valence-electron chi connectivity index (χ4n) is 3.70. The van der Waals surface area contributed by atoms with Crippen LogP contribution < -0.4 is 0 Å². The van der Waals surface area contributed by atoms with Gasteiger partial charge in [0.25, 0.3) is 0 Å².